The second-order valence-electron chi connectivity index (χ2n) is 4.98. The van der Waals surface area contributed by atoms with Gasteiger partial charge in [-0.1, -0.05) is 19.1 Å². The lowest BCUT2D eigenvalue weighted by Crippen LogP contribution is -2.44. The topological polar surface area (TPSA) is 49.4 Å². The lowest BCUT2D eigenvalue weighted by atomic mass is 10.1. The Labute approximate surface area is 118 Å². The molecule has 1 N–H and O–H groups in total. The van der Waals surface area contributed by atoms with Crippen LogP contribution in [-0.2, 0) is 16.0 Å². The van der Waals surface area contributed by atoms with E-state index in [-0.39, 0.29) is 17.6 Å². The predicted molar refractivity (Wildman–Crippen MR) is 73.5 cm³/mol. The molecule has 2 rings (SSSR count). The third-order valence-corrected chi connectivity index (χ3v) is 3.52. The van der Waals surface area contributed by atoms with Gasteiger partial charge in [0.25, 0.3) is 0 Å². The molecule has 20 heavy (non-hydrogen) atoms. The molecule has 1 unspecified atom stereocenters. The Bertz CT molecular complexity index is 504. The fourth-order valence-corrected chi connectivity index (χ4v) is 2.35. The van der Waals surface area contributed by atoms with Gasteiger partial charge in [0.15, 0.2) is 0 Å². The zero-order chi connectivity index (χ0) is 14.5. The number of nitrogens with zero attached hydrogens (tertiary/aromatic N) is 1. The maximum absolute atomic E-state index is 13.1. The number of amides is 2. The third kappa shape index (κ3) is 3.56. The minimum absolute atomic E-state index is 0.0465. The summed E-state index contributed by atoms with van der Waals surface area (Å²) < 4.78 is 13.1. The van der Waals surface area contributed by atoms with Crippen LogP contribution in [0.1, 0.15) is 25.3 Å². The first kappa shape index (κ1) is 14.5. The first-order valence-electron chi connectivity index (χ1n) is 6.92. The molecular formula is C15H19FN2O2. The quantitative estimate of drug-likeness (QED) is 0.907. The molecule has 1 aliphatic heterocycles. The molecule has 4 nitrogen and oxygen atoms in total. The molecule has 1 atom stereocenters. The Morgan fingerprint density at radius 2 is 2.20 bits per heavy atom. The van der Waals surface area contributed by atoms with E-state index in [9.17, 15) is 14.0 Å². The highest BCUT2D eigenvalue weighted by Gasteiger charge is 2.27. The first-order valence-corrected chi connectivity index (χ1v) is 6.92. The van der Waals surface area contributed by atoms with E-state index in [2.05, 4.69) is 5.32 Å². The van der Waals surface area contributed by atoms with Crippen molar-refractivity contribution in [3.8, 4) is 0 Å². The summed E-state index contributed by atoms with van der Waals surface area (Å²) in [5.41, 5.74) is 0.856. The number of hydrogen-bond acceptors (Lipinski definition) is 2. The highest BCUT2D eigenvalue weighted by atomic mass is 19.1. The molecule has 1 saturated heterocycles. The lowest BCUT2D eigenvalue weighted by molar-refractivity contribution is -0.133. The molecule has 0 spiro atoms. The second-order valence-corrected chi connectivity index (χ2v) is 4.98. The van der Waals surface area contributed by atoms with Crippen LogP contribution in [0.4, 0.5) is 4.39 Å². The van der Waals surface area contributed by atoms with Crippen LogP contribution in [0.5, 0.6) is 0 Å². The van der Waals surface area contributed by atoms with Gasteiger partial charge in [-0.3, -0.25) is 9.59 Å². The molecule has 0 aromatic heterocycles. The number of carbonyl (C=O) groups is 2. The minimum atomic E-state index is -0.433. The lowest BCUT2D eigenvalue weighted by Gasteiger charge is -2.23. The molecule has 0 saturated carbocycles. The van der Waals surface area contributed by atoms with Gasteiger partial charge in [-0.05, 0) is 30.5 Å². The van der Waals surface area contributed by atoms with Gasteiger partial charge >= 0.3 is 0 Å². The molecule has 5 heteroatoms. The van der Waals surface area contributed by atoms with Gasteiger partial charge in [0.1, 0.15) is 11.9 Å². The zero-order valence-electron chi connectivity index (χ0n) is 11.6. The van der Waals surface area contributed by atoms with Crippen molar-refractivity contribution in [3.05, 3.63) is 35.6 Å². The first-order chi connectivity index (χ1) is 9.60. The summed E-state index contributed by atoms with van der Waals surface area (Å²) in [5.74, 6) is -0.402. The average Bonchev–Trinajstić information content (AvgIpc) is 2.57. The molecule has 1 aromatic rings. The van der Waals surface area contributed by atoms with Crippen LogP contribution >= 0.6 is 0 Å². The van der Waals surface area contributed by atoms with E-state index >= 15 is 0 Å². The van der Waals surface area contributed by atoms with Crippen LogP contribution in [0.15, 0.2) is 24.3 Å². The molecule has 0 bridgehead atoms. The van der Waals surface area contributed by atoms with Gasteiger partial charge in [0.2, 0.25) is 11.8 Å². The summed E-state index contributed by atoms with van der Waals surface area (Å²) >= 11 is 0. The SMILES string of the molecule is CCC1NC(=O)CCN(CCc2cccc(F)c2)C1=O. The molecular weight excluding hydrogens is 259 g/mol. The molecule has 0 radical (unpaired) electrons. The average molecular weight is 278 g/mol. The van der Waals surface area contributed by atoms with E-state index in [0.29, 0.717) is 32.4 Å². The van der Waals surface area contributed by atoms with Crippen LogP contribution in [0.2, 0.25) is 0 Å². The van der Waals surface area contributed by atoms with E-state index in [4.69, 9.17) is 0 Å². The van der Waals surface area contributed by atoms with E-state index in [1.165, 1.54) is 12.1 Å². The van der Waals surface area contributed by atoms with Gasteiger partial charge < -0.3 is 10.2 Å². The molecule has 1 aromatic carbocycles. The molecule has 1 fully saturated rings. The van der Waals surface area contributed by atoms with Crippen LogP contribution in [0, 0.1) is 5.82 Å². The van der Waals surface area contributed by atoms with Crippen LogP contribution in [-0.4, -0.2) is 35.8 Å². The summed E-state index contributed by atoms with van der Waals surface area (Å²) in [6.45, 7) is 2.81. The monoisotopic (exact) mass is 278 g/mol. The molecule has 1 heterocycles. The summed E-state index contributed by atoms with van der Waals surface area (Å²) in [7, 11) is 0. The van der Waals surface area contributed by atoms with E-state index < -0.39 is 6.04 Å². The van der Waals surface area contributed by atoms with Crippen LogP contribution < -0.4 is 5.32 Å². The van der Waals surface area contributed by atoms with Crippen LogP contribution in [0.3, 0.4) is 0 Å². The van der Waals surface area contributed by atoms with Gasteiger partial charge in [-0.2, -0.15) is 0 Å². The van der Waals surface area contributed by atoms with E-state index in [1.54, 1.807) is 11.0 Å². The maximum atomic E-state index is 13.1. The van der Waals surface area contributed by atoms with Gasteiger partial charge in [-0.15, -0.1) is 0 Å². The van der Waals surface area contributed by atoms with E-state index in [1.807, 2.05) is 13.0 Å². The number of rotatable bonds is 4. The standard InChI is InChI=1S/C15H19FN2O2/c1-2-13-15(20)18(9-7-14(19)17-13)8-6-11-4-3-5-12(16)10-11/h3-5,10,13H,2,6-9H2,1H3,(H,17,19). The third-order valence-electron chi connectivity index (χ3n) is 3.52. The van der Waals surface area contributed by atoms with Gasteiger partial charge in [0.05, 0.1) is 0 Å². The molecule has 1 aliphatic rings. The fourth-order valence-electron chi connectivity index (χ4n) is 2.35. The number of benzene rings is 1. The van der Waals surface area contributed by atoms with Crippen molar-refractivity contribution >= 4 is 11.8 Å². The Morgan fingerprint density at radius 3 is 2.90 bits per heavy atom. The van der Waals surface area contributed by atoms with Crippen molar-refractivity contribution in [2.45, 2.75) is 32.2 Å². The number of nitrogens with one attached hydrogen (secondary N) is 1. The van der Waals surface area contributed by atoms with Crippen molar-refractivity contribution in [1.82, 2.24) is 10.2 Å². The largest absolute Gasteiger partial charge is 0.344 e. The Morgan fingerprint density at radius 1 is 1.40 bits per heavy atom. The Balaban J connectivity index is 2.00. The van der Waals surface area contributed by atoms with Crippen molar-refractivity contribution in [2.24, 2.45) is 0 Å². The minimum Gasteiger partial charge on any atom is -0.344 e. The Hall–Kier alpha value is -1.91. The zero-order valence-corrected chi connectivity index (χ0v) is 11.6. The molecule has 108 valence electrons. The predicted octanol–water partition coefficient (Wildman–Crippen LogP) is 1.50. The van der Waals surface area contributed by atoms with Gasteiger partial charge in [0, 0.05) is 19.5 Å². The smallest absolute Gasteiger partial charge is 0.245 e. The summed E-state index contributed by atoms with van der Waals surface area (Å²) in [6.07, 6.45) is 1.50. The number of hydrogen-bond donors (Lipinski definition) is 1. The molecule has 2 amide bonds. The number of halogens is 1. The van der Waals surface area contributed by atoms with E-state index in [0.717, 1.165) is 5.56 Å². The van der Waals surface area contributed by atoms with Gasteiger partial charge in [-0.25, -0.2) is 4.39 Å². The maximum Gasteiger partial charge on any atom is 0.245 e. The summed E-state index contributed by atoms with van der Waals surface area (Å²) in [5, 5.41) is 2.73. The van der Waals surface area contributed by atoms with Crippen molar-refractivity contribution in [1.29, 1.82) is 0 Å². The van der Waals surface area contributed by atoms with Crippen LogP contribution in [0.25, 0.3) is 0 Å². The summed E-state index contributed by atoms with van der Waals surface area (Å²) in [4.78, 5) is 25.5. The van der Waals surface area contributed by atoms with Crippen molar-refractivity contribution in [3.63, 3.8) is 0 Å². The van der Waals surface area contributed by atoms with Crippen molar-refractivity contribution in [2.75, 3.05) is 13.1 Å². The van der Waals surface area contributed by atoms with Crippen molar-refractivity contribution < 1.29 is 14.0 Å². The fraction of sp³-hybridized carbons (Fsp3) is 0.467. The highest BCUT2D eigenvalue weighted by Crippen LogP contribution is 2.10. The summed E-state index contributed by atoms with van der Waals surface area (Å²) in [6, 6.07) is 5.94. The Kier molecular flexibility index (Phi) is 4.71. The second kappa shape index (κ2) is 6.50. The normalized spacial score (nSPS) is 19.7. The molecule has 0 aliphatic carbocycles. The number of carbonyl (C=O) groups excluding carboxylic acids is 2. The highest BCUT2D eigenvalue weighted by molar-refractivity contribution is 5.89.